The fourth-order valence-electron chi connectivity index (χ4n) is 4.41. The number of benzene rings is 1. The van der Waals surface area contributed by atoms with Crippen molar-refractivity contribution in [2.24, 2.45) is 0 Å². The minimum absolute atomic E-state index is 0.0583. The number of carbonyl (C=O) groups excluding carboxylic acids is 1. The first-order valence-corrected chi connectivity index (χ1v) is 11.5. The molecular formula is C25H42N2O. The van der Waals surface area contributed by atoms with Crippen molar-refractivity contribution < 1.29 is 4.79 Å². The van der Waals surface area contributed by atoms with Crippen LogP contribution in [0.3, 0.4) is 0 Å². The second-order valence-corrected chi connectivity index (χ2v) is 9.56. The summed E-state index contributed by atoms with van der Waals surface area (Å²) in [6, 6.07) is 2.23. The van der Waals surface area contributed by atoms with E-state index < -0.39 is 0 Å². The van der Waals surface area contributed by atoms with E-state index in [9.17, 15) is 4.79 Å². The lowest BCUT2D eigenvalue weighted by Crippen LogP contribution is -2.40. The molecule has 0 saturated heterocycles. The first kappa shape index (κ1) is 22.8. The Labute approximate surface area is 173 Å². The Morgan fingerprint density at radius 3 is 2.21 bits per heavy atom. The molecule has 1 aromatic rings. The monoisotopic (exact) mass is 386 g/mol. The predicted molar refractivity (Wildman–Crippen MR) is 123 cm³/mol. The van der Waals surface area contributed by atoms with Gasteiger partial charge in [-0.15, -0.1) is 0 Å². The number of carbonyl (C=O) groups is 1. The minimum Gasteiger partial charge on any atom is -0.364 e. The molecule has 1 aromatic carbocycles. The molecule has 0 unspecified atom stereocenters. The molecule has 1 heterocycles. The second-order valence-electron chi connectivity index (χ2n) is 9.56. The highest BCUT2D eigenvalue weighted by Gasteiger charge is 2.32. The number of nitrogens with zero attached hydrogens (tertiary/aromatic N) is 1. The average molecular weight is 387 g/mol. The van der Waals surface area contributed by atoms with Gasteiger partial charge in [-0.25, -0.2) is 0 Å². The van der Waals surface area contributed by atoms with Crippen LogP contribution in [-0.4, -0.2) is 18.0 Å². The molecule has 0 fully saturated rings. The summed E-state index contributed by atoms with van der Waals surface area (Å²) >= 11 is 0. The van der Waals surface area contributed by atoms with E-state index in [1.54, 1.807) is 0 Å². The summed E-state index contributed by atoms with van der Waals surface area (Å²) in [5, 5.41) is 3.28. The van der Waals surface area contributed by atoms with E-state index in [1.807, 2.05) is 0 Å². The molecule has 1 N–H and O–H groups in total. The van der Waals surface area contributed by atoms with Crippen molar-refractivity contribution in [3.63, 3.8) is 0 Å². The van der Waals surface area contributed by atoms with Gasteiger partial charge in [0.15, 0.2) is 0 Å². The number of amides is 1. The van der Waals surface area contributed by atoms with Crippen molar-refractivity contribution in [1.82, 2.24) is 0 Å². The van der Waals surface area contributed by atoms with Gasteiger partial charge in [0.25, 0.3) is 0 Å². The van der Waals surface area contributed by atoms with Gasteiger partial charge in [-0.1, -0.05) is 57.9 Å². The molecule has 1 aliphatic rings. The molecule has 0 spiro atoms. The van der Waals surface area contributed by atoms with Gasteiger partial charge in [0.1, 0.15) is 0 Å². The van der Waals surface area contributed by atoms with Gasteiger partial charge in [0, 0.05) is 18.5 Å². The van der Waals surface area contributed by atoms with E-state index in [2.05, 4.69) is 57.8 Å². The molecule has 0 bridgehead atoms. The largest absolute Gasteiger partial charge is 0.364 e. The quantitative estimate of drug-likeness (QED) is 0.442. The summed E-state index contributed by atoms with van der Waals surface area (Å²) in [5.74, 6) is 0.167. The second kappa shape index (κ2) is 10.3. The Bertz CT molecular complexity index is 657. The summed E-state index contributed by atoms with van der Waals surface area (Å²) in [6.07, 6.45) is 11.8. The van der Waals surface area contributed by atoms with Crippen LogP contribution in [0.2, 0.25) is 0 Å². The van der Waals surface area contributed by atoms with Crippen LogP contribution in [0.4, 0.5) is 11.4 Å². The fraction of sp³-hybridized carbons (Fsp3) is 0.720. The van der Waals surface area contributed by atoms with Crippen molar-refractivity contribution in [3.8, 4) is 0 Å². The third kappa shape index (κ3) is 5.99. The molecule has 1 amide bonds. The van der Waals surface area contributed by atoms with E-state index in [0.29, 0.717) is 6.42 Å². The molecule has 28 heavy (non-hydrogen) atoms. The highest BCUT2D eigenvalue weighted by Crippen LogP contribution is 2.43. The van der Waals surface area contributed by atoms with E-state index in [1.165, 1.54) is 67.3 Å². The molecule has 2 rings (SSSR count). The van der Waals surface area contributed by atoms with E-state index in [4.69, 9.17) is 0 Å². The summed E-state index contributed by atoms with van der Waals surface area (Å²) in [7, 11) is 0. The van der Waals surface area contributed by atoms with Gasteiger partial charge in [-0.2, -0.15) is 0 Å². The van der Waals surface area contributed by atoms with Gasteiger partial charge < -0.3 is 10.2 Å². The van der Waals surface area contributed by atoms with Crippen molar-refractivity contribution >= 4 is 17.3 Å². The maximum absolute atomic E-state index is 12.7. The molecule has 3 nitrogen and oxygen atoms in total. The number of rotatable bonds is 10. The first-order chi connectivity index (χ1) is 13.3. The van der Waals surface area contributed by atoms with Crippen LogP contribution < -0.4 is 10.2 Å². The normalized spacial score (nSPS) is 13.7. The minimum atomic E-state index is 0.0583. The Morgan fingerprint density at radius 2 is 1.61 bits per heavy atom. The van der Waals surface area contributed by atoms with Crippen LogP contribution >= 0.6 is 0 Å². The summed E-state index contributed by atoms with van der Waals surface area (Å²) in [5.41, 5.74) is 6.29. The lowest BCUT2D eigenvalue weighted by Gasteiger charge is -2.36. The van der Waals surface area contributed by atoms with E-state index >= 15 is 0 Å². The molecule has 0 aromatic heterocycles. The van der Waals surface area contributed by atoms with Gasteiger partial charge >= 0.3 is 0 Å². The smallest absolute Gasteiger partial charge is 0.224 e. The van der Waals surface area contributed by atoms with Crippen molar-refractivity contribution in [2.75, 3.05) is 16.8 Å². The zero-order valence-corrected chi connectivity index (χ0v) is 19.2. The lowest BCUT2D eigenvalue weighted by atomic mass is 9.99. The van der Waals surface area contributed by atoms with Crippen LogP contribution in [0, 0.1) is 13.8 Å². The molecule has 1 aliphatic heterocycles. The zero-order chi connectivity index (χ0) is 20.7. The number of nitrogens with one attached hydrogen (secondary N) is 1. The molecule has 0 radical (unpaired) electrons. The standard InChI is InChI=1S/C25H42N2O/c1-7-8-9-10-11-12-13-14-15-22(28)26-23-20(3)18-19(2)21-16-17-27(24(21)23)25(4,5)6/h18H,7-17H2,1-6H3,(H,26,28). The molecule has 0 aliphatic carbocycles. The number of fused-ring (bicyclic) bond motifs is 1. The number of anilines is 2. The number of unbranched alkanes of at least 4 members (excludes halogenated alkanes) is 7. The predicted octanol–water partition coefficient (Wildman–Crippen LogP) is 6.93. The van der Waals surface area contributed by atoms with Gasteiger partial charge in [-0.3, -0.25) is 4.79 Å². The molecule has 0 saturated carbocycles. The van der Waals surface area contributed by atoms with Gasteiger partial charge in [0.2, 0.25) is 5.91 Å². The van der Waals surface area contributed by atoms with Crippen LogP contribution in [0.15, 0.2) is 6.07 Å². The SMILES string of the molecule is CCCCCCCCCCC(=O)Nc1c(C)cc(C)c2c1N(C(C)(C)C)CC2. The average Bonchev–Trinajstić information content (AvgIpc) is 3.07. The Hall–Kier alpha value is -1.51. The number of hydrogen-bond acceptors (Lipinski definition) is 2. The maximum Gasteiger partial charge on any atom is 0.224 e. The Kier molecular flexibility index (Phi) is 8.39. The molecule has 158 valence electrons. The fourth-order valence-corrected chi connectivity index (χ4v) is 4.41. The highest BCUT2D eigenvalue weighted by molar-refractivity contribution is 5.97. The summed E-state index contributed by atoms with van der Waals surface area (Å²) in [6.45, 7) is 14.4. The first-order valence-electron chi connectivity index (χ1n) is 11.5. The molecular weight excluding hydrogens is 344 g/mol. The van der Waals surface area contributed by atoms with E-state index in [0.717, 1.165) is 25.1 Å². The number of aryl methyl sites for hydroxylation is 2. The van der Waals surface area contributed by atoms with Crippen molar-refractivity contribution in [1.29, 1.82) is 0 Å². The van der Waals surface area contributed by atoms with Crippen LogP contribution in [0.5, 0.6) is 0 Å². The zero-order valence-electron chi connectivity index (χ0n) is 19.2. The van der Waals surface area contributed by atoms with E-state index in [-0.39, 0.29) is 11.4 Å². The van der Waals surface area contributed by atoms with Crippen LogP contribution in [0.25, 0.3) is 0 Å². The van der Waals surface area contributed by atoms with Gasteiger partial charge in [-0.05, 0) is 64.2 Å². The maximum atomic E-state index is 12.7. The third-order valence-corrected chi connectivity index (χ3v) is 6.01. The Balaban J connectivity index is 1.93. The summed E-state index contributed by atoms with van der Waals surface area (Å²) < 4.78 is 0. The van der Waals surface area contributed by atoms with Crippen molar-refractivity contribution in [3.05, 3.63) is 22.8 Å². The molecule has 0 atom stereocenters. The lowest BCUT2D eigenvalue weighted by molar-refractivity contribution is -0.116. The molecule has 3 heteroatoms. The van der Waals surface area contributed by atoms with Crippen molar-refractivity contribution in [2.45, 2.75) is 111 Å². The topological polar surface area (TPSA) is 32.3 Å². The van der Waals surface area contributed by atoms with Crippen LogP contribution in [-0.2, 0) is 11.2 Å². The number of hydrogen-bond donors (Lipinski definition) is 1. The summed E-state index contributed by atoms with van der Waals surface area (Å²) in [4.78, 5) is 15.1. The third-order valence-electron chi connectivity index (χ3n) is 6.01. The Morgan fingerprint density at radius 1 is 1.00 bits per heavy atom. The highest BCUT2D eigenvalue weighted by atomic mass is 16.1. The van der Waals surface area contributed by atoms with Crippen LogP contribution in [0.1, 0.15) is 102 Å². The van der Waals surface area contributed by atoms with Gasteiger partial charge in [0.05, 0.1) is 11.4 Å².